The SMILES string of the molecule is CC(C)Oc1ccc(C2(C(=O)O)CC2)cc1Br. The van der Waals surface area contributed by atoms with E-state index in [0.717, 1.165) is 28.6 Å². The molecular weight excluding hydrogens is 284 g/mol. The molecule has 0 aromatic heterocycles. The lowest BCUT2D eigenvalue weighted by Crippen LogP contribution is -2.19. The largest absolute Gasteiger partial charge is 0.490 e. The van der Waals surface area contributed by atoms with Gasteiger partial charge >= 0.3 is 5.97 Å². The molecular formula is C13H15BrO3. The van der Waals surface area contributed by atoms with Gasteiger partial charge in [-0.1, -0.05) is 6.07 Å². The fraction of sp³-hybridized carbons (Fsp3) is 0.462. The predicted octanol–water partition coefficient (Wildman–Crippen LogP) is 3.35. The highest BCUT2D eigenvalue weighted by molar-refractivity contribution is 9.10. The number of benzene rings is 1. The van der Waals surface area contributed by atoms with Crippen LogP contribution < -0.4 is 4.74 Å². The molecule has 0 aliphatic heterocycles. The van der Waals surface area contributed by atoms with Gasteiger partial charge < -0.3 is 9.84 Å². The molecule has 0 radical (unpaired) electrons. The van der Waals surface area contributed by atoms with Crippen LogP contribution in [0.3, 0.4) is 0 Å². The van der Waals surface area contributed by atoms with Crippen molar-refractivity contribution in [3.63, 3.8) is 0 Å². The van der Waals surface area contributed by atoms with Crippen molar-refractivity contribution < 1.29 is 14.6 Å². The van der Waals surface area contributed by atoms with E-state index in [2.05, 4.69) is 15.9 Å². The molecule has 0 spiro atoms. The molecule has 1 fully saturated rings. The minimum absolute atomic E-state index is 0.103. The Bertz CT molecular complexity index is 450. The van der Waals surface area contributed by atoms with Crippen LogP contribution in [0.2, 0.25) is 0 Å². The molecule has 17 heavy (non-hydrogen) atoms. The summed E-state index contributed by atoms with van der Waals surface area (Å²) < 4.78 is 6.42. The first-order valence-corrected chi connectivity index (χ1v) is 6.45. The van der Waals surface area contributed by atoms with Crippen LogP contribution in [0.5, 0.6) is 5.75 Å². The first kappa shape index (κ1) is 12.4. The van der Waals surface area contributed by atoms with Crippen LogP contribution in [-0.2, 0) is 10.2 Å². The van der Waals surface area contributed by atoms with Crippen LogP contribution >= 0.6 is 15.9 Å². The fourth-order valence-electron chi connectivity index (χ4n) is 1.90. The zero-order chi connectivity index (χ0) is 12.6. The number of hydrogen-bond acceptors (Lipinski definition) is 2. The molecule has 0 atom stereocenters. The van der Waals surface area contributed by atoms with E-state index in [-0.39, 0.29) is 6.10 Å². The Morgan fingerprint density at radius 2 is 2.12 bits per heavy atom. The number of aliphatic carboxylic acids is 1. The van der Waals surface area contributed by atoms with Crippen molar-refractivity contribution in [1.29, 1.82) is 0 Å². The highest BCUT2D eigenvalue weighted by Gasteiger charge is 2.51. The molecule has 3 nitrogen and oxygen atoms in total. The predicted molar refractivity (Wildman–Crippen MR) is 68.5 cm³/mol. The van der Waals surface area contributed by atoms with Gasteiger partial charge in [0.2, 0.25) is 0 Å². The quantitative estimate of drug-likeness (QED) is 0.927. The van der Waals surface area contributed by atoms with Crippen molar-refractivity contribution in [2.24, 2.45) is 0 Å². The van der Waals surface area contributed by atoms with Crippen molar-refractivity contribution in [3.8, 4) is 5.75 Å². The third kappa shape index (κ3) is 2.32. The summed E-state index contributed by atoms with van der Waals surface area (Å²) in [4.78, 5) is 11.2. The van der Waals surface area contributed by atoms with Gasteiger partial charge in [-0.2, -0.15) is 0 Å². The van der Waals surface area contributed by atoms with Crippen molar-refractivity contribution >= 4 is 21.9 Å². The van der Waals surface area contributed by atoms with Crippen LogP contribution in [0.1, 0.15) is 32.3 Å². The Morgan fingerprint density at radius 3 is 2.53 bits per heavy atom. The number of ether oxygens (including phenoxy) is 1. The van der Waals surface area contributed by atoms with Gasteiger partial charge in [-0.05, 0) is 60.3 Å². The molecule has 1 N–H and O–H groups in total. The lowest BCUT2D eigenvalue weighted by Gasteiger charge is -2.15. The number of hydrogen-bond donors (Lipinski definition) is 1. The first-order valence-electron chi connectivity index (χ1n) is 5.66. The molecule has 0 heterocycles. The van der Waals surface area contributed by atoms with Crippen molar-refractivity contribution in [1.82, 2.24) is 0 Å². The maximum Gasteiger partial charge on any atom is 0.314 e. The normalized spacial score (nSPS) is 16.9. The van der Waals surface area contributed by atoms with Gasteiger partial charge in [0, 0.05) is 0 Å². The zero-order valence-corrected chi connectivity index (χ0v) is 11.5. The van der Waals surface area contributed by atoms with Gasteiger partial charge in [0.1, 0.15) is 5.75 Å². The summed E-state index contributed by atoms with van der Waals surface area (Å²) in [6.07, 6.45) is 1.55. The average molecular weight is 299 g/mol. The summed E-state index contributed by atoms with van der Waals surface area (Å²) in [6.45, 7) is 3.92. The number of halogens is 1. The van der Waals surface area contributed by atoms with E-state index in [9.17, 15) is 9.90 Å². The van der Waals surface area contributed by atoms with Crippen molar-refractivity contribution in [2.45, 2.75) is 38.2 Å². The molecule has 0 unspecified atom stereocenters. The van der Waals surface area contributed by atoms with Gasteiger partial charge in [0.05, 0.1) is 16.0 Å². The third-order valence-corrected chi connectivity index (χ3v) is 3.63. The van der Waals surface area contributed by atoms with E-state index in [1.54, 1.807) is 0 Å². The second-order valence-corrected chi connectivity index (χ2v) is 5.55. The second kappa shape index (κ2) is 4.33. The van der Waals surface area contributed by atoms with Crippen LogP contribution in [0, 0.1) is 0 Å². The van der Waals surface area contributed by atoms with E-state index in [4.69, 9.17) is 4.74 Å². The molecule has 1 aromatic carbocycles. The molecule has 92 valence electrons. The molecule has 1 aliphatic rings. The number of carboxylic acid groups (broad SMARTS) is 1. The summed E-state index contributed by atoms with van der Waals surface area (Å²) in [6, 6.07) is 5.55. The molecule has 0 bridgehead atoms. The molecule has 1 aromatic rings. The average Bonchev–Trinajstić information content (AvgIpc) is 3.01. The lowest BCUT2D eigenvalue weighted by molar-refractivity contribution is -0.140. The van der Waals surface area contributed by atoms with E-state index < -0.39 is 11.4 Å². The Hall–Kier alpha value is -1.03. The smallest absolute Gasteiger partial charge is 0.314 e. The Kier molecular flexibility index (Phi) is 3.17. The summed E-state index contributed by atoms with van der Waals surface area (Å²) >= 11 is 3.43. The van der Waals surface area contributed by atoms with Gasteiger partial charge in [-0.25, -0.2) is 0 Å². The molecule has 1 saturated carbocycles. The Labute approximate surface area is 109 Å². The fourth-order valence-corrected chi connectivity index (χ4v) is 2.37. The Balaban J connectivity index is 2.28. The minimum atomic E-state index is -0.734. The number of rotatable bonds is 4. The van der Waals surface area contributed by atoms with Gasteiger partial charge in [0.25, 0.3) is 0 Å². The maximum atomic E-state index is 11.2. The van der Waals surface area contributed by atoms with Crippen LogP contribution in [0.4, 0.5) is 0 Å². The van der Waals surface area contributed by atoms with Gasteiger partial charge in [-0.3, -0.25) is 4.79 Å². The van der Waals surface area contributed by atoms with E-state index in [0.29, 0.717) is 0 Å². The number of carbonyl (C=O) groups is 1. The van der Waals surface area contributed by atoms with Gasteiger partial charge in [-0.15, -0.1) is 0 Å². The lowest BCUT2D eigenvalue weighted by atomic mass is 9.96. The van der Waals surface area contributed by atoms with Crippen LogP contribution in [0.15, 0.2) is 22.7 Å². The third-order valence-electron chi connectivity index (χ3n) is 3.01. The van der Waals surface area contributed by atoms with Crippen LogP contribution in [-0.4, -0.2) is 17.2 Å². The summed E-state index contributed by atoms with van der Waals surface area (Å²) in [7, 11) is 0. The van der Waals surface area contributed by atoms with E-state index >= 15 is 0 Å². The second-order valence-electron chi connectivity index (χ2n) is 4.70. The van der Waals surface area contributed by atoms with E-state index in [1.165, 1.54) is 0 Å². The zero-order valence-electron chi connectivity index (χ0n) is 9.87. The maximum absolute atomic E-state index is 11.2. The standard InChI is InChI=1S/C13H15BrO3/c1-8(2)17-11-4-3-9(7-10(11)14)13(5-6-13)12(15)16/h3-4,7-8H,5-6H2,1-2H3,(H,15,16). The summed E-state index contributed by atoms with van der Waals surface area (Å²) in [5, 5.41) is 9.22. The highest BCUT2D eigenvalue weighted by atomic mass is 79.9. The molecule has 1 aliphatic carbocycles. The van der Waals surface area contributed by atoms with Gasteiger partial charge in [0.15, 0.2) is 0 Å². The van der Waals surface area contributed by atoms with Crippen LogP contribution in [0.25, 0.3) is 0 Å². The Morgan fingerprint density at radius 1 is 1.47 bits per heavy atom. The summed E-state index contributed by atoms with van der Waals surface area (Å²) in [5.41, 5.74) is 0.201. The minimum Gasteiger partial charge on any atom is -0.490 e. The van der Waals surface area contributed by atoms with E-state index in [1.807, 2.05) is 32.0 Å². The monoisotopic (exact) mass is 298 g/mol. The molecule has 2 rings (SSSR count). The first-order chi connectivity index (χ1) is 7.95. The topological polar surface area (TPSA) is 46.5 Å². The highest BCUT2D eigenvalue weighted by Crippen LogP contribution is 2.49. The molecule has 0 saturated heterocycles. The molecule has 0 amide bonds. The summed E-state index contributed by atoms with van der Waals surface area (Å²) in [5.74, 6) is 0.0202. The van der Waals surface area contributed by atoms with Crippen molar-refractivity contribution in [2.75, 3.05) is 0 Å². The number of carboxylic acids is 1. The van der Waals surface area contributed by atoms with Crippen molar-refractivity contribution in [3.05, 3.63) is 28.2 Å². The molecule has 4 heteroatoms.